The van der Waals surface area contributed by atoms with E-state index in [2.05, 4.69) is 4.98 Å². The molecule has 1 saturated heterocycles. The monoisotopic (exact) mass is 254 g/mol. The van der Waals surface area contributed by atoms with Gasteiger partial charge in [0.1, 0.15) is 0 Å². The zero-order valence-electron chi connectivity index (χ0n) is 9.96. The van der Waals surface area contributed by atoms with Crippen molar-refractivity contribution >= 4 is 11.9 Å². The van der Waals surface area contributed by atoms with Crippen molar-refractivity contribution in [3.63, 3.8) is 0 Å². The molecule has 1 aromatic rings. The zero-order chi connectivity index (χ0) is 13.1. The molecule has 0 aromatic carbocycles. The van der Waals surface area contributed by atoms with E-state index in [1.807, 2.05) is 0 Å². The number of nitrogens with zero attached hydrogens (tertiary/aromatic N) is 2. The third-order valence-corrected chi connectivity index (χ3v) is 2.77. The molecule has 98 valence electrons. The molecule has 1 atom stereocenters. The van der Waals surface area contributed by atoms with Crippen molar-refractivity contribution in [2.75, 3.05) is 19.7 Å². The fourth-order valence-corrected chi connectivity index (χ4v) is 1.87. The van der Waals surface area contributed by atoms with Gasteiger partial charge in [0.2, 0.25) is 5.76 Å². The summed E-state index contributed by atoms with van der Waals surface area (Å²) in [7, 11) is 0. The molecule has 0 bridgehead atoms. The van der Waals surface area contributed by atoms with E-state index in [4.69, 9.17) is 14.3 Å². The van der Waals surface area contributed by atoms with Gasteiger partial charge in [-0.05, 0) is 6.92 Å². The zero-order valence-corrected chi connectivity index (χ0v) is 9.96. The lowest BCUT2D eigenvalue weighted by Crippen LogP contribution is -2.46. The van der Waals surface area contributed by atoms with E-state index in [-0.39, 0.29) is 24.6 Å². The maximum Gasteiger partial charge on any atom is 0.306 e. The van der Waals surface area contributed by atoms with Gasteiger partial charge < -0.3 is 19.2 Å². The Morgan fingerprint density at radius 2 is 2.39 bits per heavy atom. The van der Waals surface area contributed by atoms with Crippen molar-refractivity contribution in [2.45, 2.75) is 19.4 Å². The molecule has 1 fully saturated rings. The number of aliphatic carboxylic acids is 1. The molecule has 7 nitrogen and oxygen atoms in total. The van der Waals surface area contributed by atoms with E-state index >= 15 is 0 Å². The number of aromatic nitrogens is 1. The highest BCUT2D eigenvalue weighted by molar-refractivity contribution is 5.92. The first-order chi connectivity index (χ1) is 8.58. The summed E-state index contributed by atoms with van der Waals surface area (Å²) in [6.45, 7) is 2.70. The number of amides is 1. The minimum atomic E-state index is -0.940. The smallest absolute Gasteiger partial charge is 0.306 e. The van der Waals surface area contributed by atoms with Crippen LogP contribution in [0.15, 0.2) is 10.8 Å². The third kappa shape index (κ3) is 2.67. The summed E-state index contributed by atoms with van der Waals surface area (Å²) in [5.41, 5.74) is 0.529. The van der Waals surface area contributed by atoms with E-state index in [1.165, 1.54) is 11.3 Å². The van der Waals surface area contributed by atoms with Crippen molar-refractivity contribution in [2.24, 2.45) is 0 Å². The van der Waals surface area contributed by atoms with Crippen molar-refractivity contribution in [3.05, 3.63) is 17.8 Å². The van der Waals surface area contributed by atoms with Crippen molar-refractivity contribution in [1.29, 1.82) is 0 Å². The number of morpholine rings is 1. The fraction of sp³-hybridized carbons (Fsp3) is 0.545. The predicted molar refractivity (Wildman–Crippen MR) is 59.1 cm³/mol. The number of hydrogen-bond acceptors (Lipinski definition) is 5. The van der Waals surface area contributed by atoms with E-state index < -0.39 is 12.1 Å². The van der Waals surface area contributed by atoms with Crippen molar-refractivity contribution in [1.82, 2.24) is 9.88 Å². The Balaban J connectivity index is 2.03. The maximum atomic E-state index is 12.1. The number of ether oxygens (including phenoxy) is 1. The Bertz CT molecular complexity index is 456. The minimum Gasteiger partial charge on any atom is -0.481 e. The van der Waals surface area contributed by atoms with Crippen LogP contribution >= 0.6 is 0 Å². The lowest BCUT2D eigenvalue weighted by atomic mass is 10.2. The molecule has 0 saturated carbocycles. The topological polar surface area (TPSA) is 92.9 Å². The highest BCUT2D eigenvalue weighted by Crippen LogP contribution is 2.14. The average molecular weight is 254 g/mol. The Kier molecular flexibility index (Phi) is 3.61. The van der Waals surface area contributed by atoms with Gasteiger partial charge >= 0.3 is 5.97 Å². The summed E-state index contributed by atoms with van der Waals surface area (Å²) in [4.78, 5) is 28.1. The van der Waals surface area contributed by atoms with Gasteiger partial charge in [0.25, 0.3) is 5.91 Å². The van der Waals surface area contributed by atoms with Crippen LogP contribution in [0.1, 0.15) is 22.7 Å². The number of carboxylic acid groups (broad SMARTS) is 1. The molecular weight excluding hydrogens is 240 g/mol. The van der Waals surface area contributed by atoms with Gasteiger partial charge in [-0.1, -0.05) is 0 Å². The molecule has 0 radical (unpaired) electrons. The predicted octanol–water partition coefficient (Wildman–Crippen LogP) is 0.299. The second-order valence-corrected chi connectivity index (χ2v) is 4.11. The number of hydrogen-bond donors (Lipinski definition) is 1. The number of rotatable bonds is 3. The molecule has 2 heterocycles. The third-order valence-electron chi connectivity index (χ3n) is 2.77. The number of carboxylic acids is 1. The first-order valence-electron chi connectivity index (χ1n) is 5.60. The summed E-state index contributed by atoms with van der Waals surface area (Å²) in [6, 6.07) is 0. The Morgan fingerprint density at radius 1 is 1.61 bits per heavy atom. The van der Waals surface area contributed by atoms with Crippen LogP contribution in [0.3, 0.4) is 0 Å². The molecule has 18 heavy (non-hydrogen) atoms. The molecule has 1 unspecified atom stereocenters. The summed E-state index contributed by atoms with van der Waals surface area (Å²) < 4.78 is 10.3. The normalized spacial score (nSPS) is 19.8. The molecule has 1 amide bonds. The maximum absolute atomic E-state index is 12.1. The second-order valence-electron chi connectivity index (χ2n) is 4.11. The van der Waals surface area contributed by atoms with Crippen LogP contribution in [-0.2, 0) is 9.53 Å². The van der Waals surface area contributed by atoms with Crippen molar-refractivity contribution in [3.8, 4) is 0 Å². The van der Waals surface area contributed by atoms with Crippen LogP contribution in [0, 0.1) is 6.92 Å². The molecule has 0 aliphatic carbocycles. The van der Waals surface area contributed by atoms with Crippen molar-refractivity contribution < 1.29 is 23.8 Å². The molecule has 7 heteroatoms. The van der Waals surface area contributed by atoms with Crippen LogP contribution in [0.2, 0.25) is 0 Å². The van der Waals surface area contributed by atoms with Gasteiger partial charge in [-0.3, -0.25) is 9.59 Å². The van der Waals surface area contributed by atoms with Crippen LogP contribution in [0.25, 0.3) is 0 Å². The van der Waals surface area contributed by atoms with Gasteiger partial charge in [-0.15, -0.1) is 0 Å². The average Bonchev–Trinajstić information content (AvgIpc) is 2.74. The standard InChI is InChI=1S/C11H14N2O5/c1-7-10(18-6-12-7)11(16)13-2-3-17-8(5-13)4-9(14)15/h6,8H,2-5H2,1H3,(H,14,15). The van der Waals surface area contributed by atoms with Gasteiger partial charge in [-0.25, -0.2) is 4.98 Å². The van der Waals surface area contributed by atoms with E-state index in [0.717, 1.165) is 0 Å². The summed E-state index contributed by atoms with van der Waals surface area (Å²) in [5.74, 6) is -1.01. The molecule has 0 spiro atoms. The number of oxazole rings is 1. The largest absolute Gasteiger partial charge is 0.481 e. The molecular formula is C11H14N2O5. The van der Waals surface area contributed by atoms with E-state index in [1.54, 1.807) is 6.92 Å². The van der Waals surface area contributed by atoms with Gasteiger partial charge in [0, 0.05) is 13.1 Å². The lowest BCUT2D eigenvalue weighted by Gasteiger charge is -2.31. The van der Waals surface area contributed by atoms with Crippen LogP contribution in [0.5, 0.6) is 0 Å². The summed E-state index contributed by atoms with van der Waals surface area (Å²) >= 11 is 0. The van der Waals surface area contributed by atoms with Gasteiger partial charge in [0.05, 0.1) is 24.8 Å². The van der Waals surface area contributed by atoms with Gasteiger partial charge in [0.15, 0.2) is 6.39 Å². The van der Waals surface area contributed by atoms with Crippen LogP contribution in [0.4, 0.5) is 0 Å². The minimum absolute atomic E-state index is 0.112. The van der Waals surface area contributed by atoms with Crippen LogP contribution < -0.4 is 0 Å². The number of carbonyl (C=O) groups excluding carboxylic acids is 1. The highest BCUT2D eigenvalue weighted by Gasteiger charge is 2.28. The summed E-state index contributed by atoms with van der Waals surface area (Å²) in [6.07, 6.45) is 0.639. The SMILES string of the molecule is Cc1ncoc1C(=O)N1CCOC(CC(=O)O)C1. The molecule has 1 aromatic heterocycles. The molecule has 2 rings (SSSR count). The Labute approximate surface area is 103 Å². The first-order valence-corrected chi connectivity index (χ1v) is 5.60. The number of carbonyl (C=O) groups is 2. The highest BCUT2D eigenvalue weighted by atomic mass is 16.5. The lowest BCUT2D eigenvalue weighted by molar-refractivity contribution is -0.141. The fourth-order valence-electron chi connectivity index (χ4n) is 1.87. The van der Waals surface area contributed by atoms with E-state index in [9.17, 15) is 9.59 Å². The molecule has 1 aliphatic heterocycles. The number of aryl methyl sites for hydroxylation is 1. The Hall–Kier alpha value is -1.89. The Morgan fingerprint density at radius 3 is 3.00 bits per heavy atom. The molecule has 1 N–H and O–H groups in total. The van der Waals surface area contributed by atoms with E-state index in [0.29, 0.717) is 18.8 Å². The first kappa shape index (κ1) is 12.6. The van der Waals surface area contributed by atoms with Gasteiger partial charge in [-0.2, -0.15) is 0 Å². The molecule has 1 aliphatic rings. The second kappa shape index (κ2) is 5.18. The summed E-state index contributed by atoms with van der Waals surface area (Å²) in [5, 5.41) is 8.71. The quantitative estimate of drug-likeness (QED) is 0.833. The van der Waals surface area contributed by atoms with Crippen LogP contribution in [-0.4, -0.2) is 52.7 Å².